The fourth-order valence-corrected chi connectivity index (χ4v) is 3.60. The Kier molecular flexibility index (Phi) is 6.24. The van der Waals surface area contributed by atoms with E-state index in [0.29, 0.717) is 41.0 Å². The zero-order valence-corrected chi connectivity index (χ0v) is 17.2. The minimum absolute atomic E-state index is 0.0933. The first-order valence-corrected chi connectivity index (χ1v) is 10.1. The van der Waals surface area contributed by atoms with Gasteiger partial charge in [0.25, 0.3) is 0 Å². The van der Waals surface area contributed by atoms with Crippen molar-refractivity contribution in [2.75, 3.05) is 30.4 Å². The number of nitrogens with zero attached hydrogens (tertiary/aromatic N) is 2. The number of carbonyl (C=O) groups is 1. The van der Waals surface area contributed by atoms with E-state index >= 15 is 0 Å². The van der Waals surface area contributed by atoms with E-state index in [1.807, 2.05) is 12.1 Å². The van der Waals surface area contributed by atoms with Crippen LogP contribution < -0.4 is 20.7 Å². The summed E-state index contributed by atoms with van der Waals surface area (Å²) < 4.78 is 21.3. The van der Waals surface area contributed by atoms with Crippen LogP contribution in [0.5, 0.6) is 5.75 Å². The number of aliphatic hydroxyl groups excluding tert-OH is 1. The van der Waals surface area contributed by atoms with Crippen LogP contribution in [0, 0.1) is 5.82 Å². The maximum atomic E-state index is 14.2. The van der Waals surface area contributed by atoms with Crippen molar-refractivity contribution in [3.05, 3.63) is 65.1 Å². The minimum atomic E-state index is -0.467. The number of halogens is 2. The second-order valence-corrected chi connectivity index (χ2v) is 7.31. The number of urea groups is 1. The number of ether oxygens (including phenoxy) is 1. The summed E-state index contributed by atoms with van der Waals surface area (Å²) in [6.07, 6.45) is 2.24. The lowest BCUT2D eigenvalue weighted by Crippen LogP contribution is -2.35. The molecule has 8 nitrogen and oxygen atoms in total. The van der Waals surface area contributed by atoms with Gasteiger partial charge in [0.1, 0.15) is 11.6 Å². The summed E-state index contributed by atoms with van der Waals surface area (Å²) in [6, 6.07) is 11.0. The van der Waals surface area contributed by atoms with Crippen LogP contribution in [0.4, 0.5) is 20.7 Å². The number of para-hydroxylation sites is 1. The van der Waals surface area contributed by atoms with Gasteiger partial charge in [-0.05, 0) is 18.2 Å². The first-order valence-electron chi connectivity index (χ1n) is 9.74. The average Bonchev–Trinajstić information content (AvgIpc) is 3.22. The second-order valence-electron chi connectivity index (χ2n) is 6.91. The van der Waals surface area contributed by atoms with Crippen LogP contribution in [0.3, 0.4) is 0 Å². The lowest BCUT2D eigenvalue weighted by Gasteiger charge is -2.27. The fraction of sp³-hybridized carbons (Fsp3) is 0.238. The van der Waals surface area contributed by atoms with Gasteiger partial charge < -0.3 is 20.5 Å². The van der Waals surface area contributed by atoms with E-state index in [9.17, 15) is 9.18 Å². The number of aromatic nitrogens is 2. The van der Waals surface area contributed by atoms with Crippen molar-refractivity contribution in [2.45, 2.75) is 12.5 Å². The highest BCUT2D eigenvalue weighted by molar-refractivity contribution is 6.32. The standard InChI is InChI=1S/C21H21ClFN5O3/c22-15-3-1-2-14-17(7-11-31-20(14)15)25-21(30)26-19-6-9-28(27-19)13-4-5-18(16(23)12-13)24-8-10-29/h1-6,9,12,17,24,29H,7-8,10-11H2,(H2,25,26,27,30)/t17-/m0/s1. The molecule has 0 fully saturated rings. The Bertz CT molecular complexity index is 1090. The van der Waals surface area contributed by atoms with E-state index in [-0.39, 0.29) is 19.2 Å². The average molecular weight is 446 g/mol. The van der Waals surface area contributed by atoms with Crippen LogP contribution in [0.15, 0.2) is 48.7 Å². The SMILES string of the molecule is O=C(Nc1ccn(-c2ccc(NCCO)c(F)c2)n1)N[C@H]1CCOc2c(Cl)cccc21. The third-order valence-corrected chi connectivity index (χ3v) is 5.10. The quantitative estimate of drug-likeness (QED) is 0.463. The van der Waals surface area contributed by atoms with Gasteiger partial charge in [0.2, 0.25) is 0 Å². The number of fused-ring (bicyclic) bond motifs is 1. The minimum Gasteiger partial charge on any atom is -0.492 e. The predicted molar refractivity (Wildman–Crippen MR) is 116 cm³/mol. The molecule has 2 aromatic carbocycles. The molecule has 0 radical (unpaired) electrons. The first kappa shape index (κ1) is 21.0. The van der Waals surface area contributed by atoms with E-state index in [2.05, 4.69) is 21.0 Å². The Morgan fingerprint density at radius 3 is 3.00 bits per heavy atom. The number of aliphatic hydroxyl groups is 1. The van der Waals surface area contributed by atoms with Crippen molar-refractivity contribution in [3.63, 3.8) is 0 Å². The molecule has 31 heavy (non-hydrogen) atoms. The van der Waals surface area contributed by atoms with E-state index in [1.54, 1.807) is 30.5 Å². The number of hydrogen-bond acceptors (Lipinski definition) is 5. The summed E-state index contributed by atoms with van der Waals surface area (Å²) in [7, 11) is 0. The Labute approximate surface area is 183 Å². The molecule has 2 heterocycles. The number of benzene rings is 2. The van der Waals surface area contributed by atoms with Gasteiger partial charge in [-0.15, -0.1) is 5.10 Å². The number of carbonyl (C=O) groups excluding carboxylic acids is 1. The van der Waals surface area contributed by atoms with Gasteiger partial charge >= 0.3 is 6.03 Å². The lowest BCUT2D eigenvalue weighted by atomic mass is 10.0. The maximum absolute atomic E-state index is 14.2. The fourth-order valence-electron chi connectivity index (χ4n) is 3.36. The molecular formula is C21H21ClFN5O3. The molecule has 3 aromatic rings. The summed E-state index contributed by atoms with van der Waals surface area (Å²) in [6.45, 7) is 0.611. The molecule has 0 aliphatic carbocycles. The van der Waals surface area contributed by atoms with E-state index < -0.39 is 11.8 Å². The molecule has 0 unspecified atom stereocenters. The highest BCUT2D eigenvalue weighted by atomic mass is 35.5. The highest BCUT2D eigenvalue weighted by Gasteiger charge is 2.24. The number of nitrogens with one attached hydrogen (secondary N) is 3. The van der Waals surface area contributed by atoms with Gasteiger partial charge in [-0.2, -0.15) is 0 Å². The molecule has 0 saturated heterocycles. The zero-order valence-electron chi connectivity index (χ0n) is 16.4. The predicted octanol–water partition coefficient (Wildman–Crippen LogP) is 3.71. The summed E-state index contributed by atoms with van der Waals surface area (Å²) in [5, 5.41) is 22.0. The van der Waals surface area contributed by atoms with Crippen molar-refractivity contribution in [1.29, 1.82) is 0 Å². The summed E-state index contributed by atoms with van der Waals surface area (Å²) in [5.41, 5.74) is 1.61. The number of anilines is 2. The topological polar surface area (TPSA) is 100 Å². The molecule has 10 heteroatoms. The third kappa shape index (κ3) is 4.73. The molecule has 1 aromatic heterocycles. The highest BCUT2D eigenvalue weighted by Crippen LogP contribution is 2.37. The molecule has 4 rings (SSSR count). The van der Waals surface area contributed by atoms with Gasteiger partial charge in [-0.1, -0.05) is 23.7 Å². The molecule has 1 atom stereocenters. The van der Waals surface area contributed by atoms with E-state index in [1.165, 1.54) is 10.7 Å². The molecule has 0 bridgehead atoms. The smallest absolute Gasteiger partial charge is 0.320 e. The first-order chi connectivity index (χ1) is 15.0. The Morgan fingerprint density at radius 2 is 2.19 bits per heavy atom. The third-order valence-electron chi connectivity index (χ3n) is 4.81. The van der Waals surface area contributed by atoms with Crippen LogP contribution in [-0.2, 0) is 0 Å². The molecule has 1 aliphatic rings. The number of hydrogen-bond donors (Lipinski definition) is 4. The van der Waals surface area contributed by atoms with Gasteiger partial charge in [-0.3, -0.25) is 5.32 Å². The van der Waals surface area contributed by atoms with Crippen LogP contribution in [0.1, 0.15) is 18.0 Å². The molecule has 4 N–H and O–H groups in total. The molecular weight excluding hydrogens is 425 g/mol. The zero-order chi connectivity index (χ0) is 21.8. The number of rotatable bonds is 6. The van der Waals surface area contributed by atoms with Gasteiger partial charge in [0.05, 0.1) is 35.7 Å². The summed E-state index contributed by atoms with van der Waals surface area (Å²) >= 11 is 6.17. The van der Waals surface area contributed by atoms with Crippen molar-refractivity contribution >= 4 is 29.1 Å². The van der Waals surface area contributed by atoms with Gasteiger partial charge in [0, 0.05) is 36.9 Å². The Morgan fingerprint density at radius 1 is 1.32 bits per heavy atom. The molecule has 162 valence electrons. The summed E-state index contributed by atoms with van der Waals surface area (Å²) in [5.74, 6) is 0.438. The largest absolute Gasteiger partial charge is 0.492 e. The molecule has 2 amide bonds. The van der Waals surface area contributed by atoms with E-state index in [0.717, 1.165) is 5.56 Å². The van der Waals surface area contributed by atoms with Crippen LogP contribution in [-0.4, -0.2) is 40.7 Å². The Balaban J connectivity index is 1.41. The van der Waals surface area contributed by atoms with Crippen LogP contribution in [0.25, 0.3) is 5.69 Å². The molecule has 0 spiro atoms. The Hall–Kier alpha value is -3.30. The molecule has 1 aliphatic heterocycles. The second kappa shape index (κ2) is 9.23. The molecule has 0 saturated carbocycles. The van der Waals surface area contributed by atoms with Gasteiger partial charge in [-0.25, -0.2) is 13.9 Å². The van der Waals surface area contributed by atoms with Crippen LogP contribution in [0.2, 0.25) is 5.02 Å². The van der Waals surface area contributed by atoms with E-state index in [4.69, 9.17) is 21.4 Å². The normalized spacial score (nSPS) is 15.0. The number of amides is 2. The van der Waals surface area contributed by atoms with Crippen LogP contribution >= 0.6 is 11.6 Å². The van der Waals surface area contributed by atoms with Gasteiger partial charge in [0.15, 0.2) is 5.82 Å². The van der Waals surface area contributed by atoms with Crippen molar-refractivity contribution in [1.82, 2.24) is 15.1 Å². The monoisotopic (exact) mass is 445 g/mol. The van der Waals surface area contributed by atoms with Crippen molar-refractivity contribution in [3.8, 4) is 11.4 Å². The lowest BCUT2D eigenvalue weighted by molar-refractivity contribution is 0.232. The van der Waals surface area contributed by atoms with Crippen molar-refractivity contribution < 1.29 is 19.0 Å². The van der Waals surface area contributed by atoms with Crippen molar-refractivity contribution in [2.24, 2.45) is 0 Å². The maximum Gasteiger partial charge on any atom is 0.320 e. The summed E-state index contributed by atoms with van der Waals surface area (Å²) in [4.78, 5) is 12.5.